The number of nitrogens with zero attached hydrogens (tertiary/aromatic N) is 3. The second-order valence-corrected chi connectivity index (χ2v) is 19.6. The van der Waals surface area contributed by atoms with E-state index in [-0.39, 0.29) is 73.6 Å². The Kier molecular flexibility index (Phi) is 20.6. The number of aromatic nitrogens is 2. The van der Waals surface area contributed by atoms with Gasteiger partial charge < -0.3 is 19.2 Å². The van der Waals surface area contributed by atoms with Gasteiger partial charge in [0.2, 0.25) is 11.7 Å². The number of imide groups is 1. The number of ketones is 3. The summed E-state index contributed by atoms with van der Waals surface area (Å²) in [7, 11) is -0.713. The zero-order chi connectivity index (χ0) is 56.2. The normalized spacial score (nSPS) is 14.3. The molecule has 0 aliphatic carbocycles. The Labute approximate surface area is 503 Å². The third kappa shape index (κ3) is 14.8. The topological polar surface area (TPSA) is 162 Å². The van der Waals surface area contributed by atoms with E-state index in [1.54, 1.807) is 152 Å². The summed E-state index contributed by atoms with van der Waals surface area (Å²) in [6.45, 7) is 7.75. The largest absolute Gasteiger partial charge is 0.494 e. The molecule has 1 fully saturated rings. The Balaban J connectivity index is 0.00000484. The molecule has 1 aliphatic heterocycles. The molecule has 15 heteroatoms. The molecule has 0 unspecified atom stereocenters. The van der Waals surface area contributed by atoms with Crippen molar-refractivity contribution in [3.05, 3.63) is 274 Å². The standard InChI is InChI=1S/C67H54BN3O9.2Pd/c1-66(2)67(3,4)80-68(79-66)53-37-38-56-52(44-53)45-69-63(70-56)71(64(75)76)65(77)78-59(43-50-31-19-9-20-32-50)62(74)61(55(42-49-29-17-8-18-30-49)58(73)40-36-47-25-13-6-14-26-47)60(51-33-21-10-22-34-51)54(41-48-27-15-7-16-28-48)57(72)39-35-46-23-11-5-12-24-46;;/h5-45H,1-4H3,(H,75,76);;. The van der Waals surface area contributed by atoms with Gasteiger partial charge in [-0.05, 0) is 103 Å². The van der Waals surface area contributed by atoms with Gasteiger partial charge in [-0.3, -0.25) is 14.4 Å². The minimum Gasteiger partial charge on any atom is -0.464 e. The van der Waals surface area contributed by atoms with Gasteiger partial charge in [-0.1, -0.05) is 206 Å². The van der Waals surface area contributed by atoms with Crippen LogP contribution in [0.2, 0.25) is 0 Å². The second-order valence-electron chi connectivity index (χ2n) is 19.6. The van der Waals surface area contributed by atoms with Crippen molar-refractivity contribution in [1.82, 2.24) is 9.97 Å². The number of carboxylic acid groups (broad SMARTS) is 1. The number of fused-ring (bicyclic) bond motifs is 1. The summed E-state index contributed by atoms with van der Waals surface area (Å²) in [4.78, 5) is 84.3. The Morgan fingerprint density at radius 1 is 0.549 bits per heavy atom. The summed E-state index contributed by atoms with van der Waals surface area (Å²) >= 11 is 0. The molecule has 12 nitrogen and oxygen atoms in total. The molecule has 0 bridgehead atoms. The first-order valence-corrected chi connectivity index (χ1v) is 25.7. The quantitative estimate of drug-likeness (QED) is 0.0400. The molecule has 0 saturated carbocycles. The molecule has 1 aliphatic rings. The molecule has 7 aromatic carbocycles. The minimum atomic E-state index is -1.83. The van der Waals surface area contributed by atoms with Crippen LogP contribution in [0, 0.1) is 0 Å². The smallest absolute Gasteiger partial charge is 0.464 e. The maximum Gasteiger partial charge on any atom is 0.494 e. The number of carbonyl (C=O) groups is 5. The van der Waals surface area contributed by atoms with Gasteiger partial charge in [-0.2, -0.15) is 0 Å². The Bertz CT molecular complexity index is 3780. The van der Waals surface area contributed by atoms with Crippen LogP contribution in [0.15, 0.2) is 241 Å². The first-order valence-electron chi connectivity index (χ1n) is 25.7. The van der Waals surface area contributed by atoms with E-state index in [4.69, 9.17) is 14.0 Å². The Morgan fingerprint density at radius 2 is 0.976 bits per heavy atom. The minimum absolute atomic E-state index is 0. The van der Waals surface area contributed by atoms with Gasteiger partial charge >= 0.3 is 19.3 Å². The van der Waals surface area contributed by atoms with Crippen LogP contribution >= 0.6 is 0 Å². The fourth-order valence-corrected chi connectivity index (χ4v) is 8.65. The van der Waals surface area contributed by atoms with E-state index in [0.717, 1.165) is 5.56 Å². The van der Waals surface area contributed by atoms with E-state index in [2.05, 4.69) is 9.97 Å². The van der Waals surface area contributed by atoms with Crippen LogP contribution in [0.25, 0.3) is 46.9 Å². The molecule has 0 atom stereocenters. The molecule has 0 spiro atoms. The molecule has 1 aromatic heterocycles. The predicted octanol–water partition coefficient (Wildman–Crippen LogP) is 13.3. The van der Waals surface area contributed by atoms with Gasteiger partial charge in [-0.25, -0.2) is 19.6 Å². The zero-order valence-electron chi connectivity index (χ0n) is 44.9. The van der Waals surface area contributed by atoms with Crippen LogP contribution in [-0.2, 0) is 69.3 Å². The Hall–Kier alpha value is -8.62. The average molecular weight is 1270 g/mol. The molecule has 1 saturated heterocycles. The predicted molar refractivity (Wildman–Crippen MR) is 315 cm³/mol. The van der Waals surface area contributed by atoms with E-state index in [1.165, 1.54) is 30.5 Å². The number of anilines is 1. The maximum atomic E-state index is 16.5. The van der Waals surface area contributed by atoms with Gasteiger partial charge in [0.05, 0.1) is 16.7 Å². The second kappa shape index (κ2) is 27.7. The summed E-state index contributed by atoms with van der Waals surface area (Å²) in [5.74, 6) is -3.57. The Morgan fingerprint density at radius 3 is 1.45 bits per heavy atom. The van der Waals surface area contributed by atoms with Crippen LogP contribution in [0.1, 0.15) is 61.1 Å². The van der Waals surface area contributed by atoms with Gasteiger partial charge in [0, 0.05) is 74.7 Å². The fraction of sp³-hybridized carbons (Fsp3) is 0.0896. The number of carbonyl (C=O) groups excluding carboxylic acids is 4. The molecule has 2 heterocycles. The first kappa shape index (κ1) is 61.0. The average Bonchev–Trinajstić information content (AvgIpc) is 3.86. The first-order chi connectivity index (χ1) is 38.6. The van der Waals surface area contributed by atoms with E-state index < -0.39 is 59.6 Å². The van der Waals surface area contributed by atoms with Crippen LogP contribution in [-0.4, -0.2) is 62.9 Å². The number of benzene rings is 7. The molecule has 82 heavy (non-hydrogen) atoms. The number of allylic oxidation sites excluding steroid dienone is 6. The molecular weight excluding hydrogens is 1210 g/mol. The van der Waals surface area contributed by atoms with Crippen LogP contribution < -0.4 is 10.4 Å². The number of rotatable bonds is 17. The van der Waals surface area contributed by atoms with Crippen molar-refractivity contribution in [2.45, 2.75) is 38.9 Å². The van der Waals surface area contributed by atoms with Crippen molar-refractivity contribution in [2.24, 2.45) is 0 Å². The summed E-state index contributed by atoms with van der Waals surface area (Å²) in [6, 6.07) is 58.3. The van der Waals surface area contributed by atoms with Crippen LogP contribution in [0.3, 0.4) is 0 Å². The van der Waals surface area contributed by atoms with Crippen molar-refractivity contribution in [3.8, 4) is 0 Å². The number of hydrogen-bond donors (Lipinski definition) is 1. The zero-order valence-corrected chi connectivity index (χ0v) is 48.0. The van der Waals surface area contributed by atoms with Gasteiger partial charge in [0.15, 0.2) is 17.3 Å². The van der Waals surface area contributed by atoms with Crippen molar-refractivity contribution in [2.75, 3.05) is 4.90 Å². The third-order valence-electron chi connectivity index (χ3n) is 13.5. The third-order valence-corrected chi connectivity index (χ3v) is 13.5. The van der Waals surface area contributed by atoms with E-state index >= 15 is 14.4 Å². The van der Waals surface area contributed by atoms with Crippen molar-refractivity contribution >= 4 is 94.9 Å². The summed E-state index contributed by atoms with van der Waals surface area (Å²) in [5.41, 5.74) is 2.31. The molecule has 0 radical (unpaired) electrons. The number of amides is 2. The summed E-state index contributed by atoms with van der Waals surface area (Å²) < 4.78 is 18.6. The summed E-state index contributed by atoms with van der Waals surface area (Å²) in [6.07, 6.45) is 8.35. The van der Waals surface area contributed by atoms with Gasteiger partial charge in [0.1, 0.15) is 0 Å². The van der Waals surface area contributed by atoms with E-state index in [9.17, 15) is 14.7 Å². The van der Waals surface area contributed by atoms with Gasteiger partial charge in [-0.15, -0.1) is 4.90 Å². The molecule has 1 N–H and O–H groups in total. The molecule has 2 amide bonds. The summed E-state index contributed by atoms with van der Waals surface area (Å²) in [5, 5.41) is 11.3. The van der Waals surface area contributed by atoms with Gasteiger partial charge in [0.25, 0.3) is 0 Å². The SMILES string of the molecule is CC1(C)OB(c2ccc3nc(N(C(=O)O)C(=O)OC(=Cc4ccccc4)C(=O)C(C(=Cc4ccccc4)C(=O)C=Cc4ccccc4)=C(C(=Cc4ccccc4)C(=O)C=Cc4ccccc4)c4ccccc4)ncc3c2)OC1(C)C.[Pd].[Pd]. The van der Waals surface area contributed by atoms with Crippen molar-refractivity contribution in [1.29, 1.82) is 0 Å². The number of hydrogen-bond acceptors (Lipinski definition) is 10. The van der Waals surface area contributed by atoms with Crippen LogP contribution in [0.4, 0.5) is 15.5 Å². The number of ether oxygens (including phenoxy) is 1. The van der Waals surface area contributed by atoms with E-state index in [1.807, 2.05) is 94.4 Å². The maximum absolute atomic E-state index is 16.5. The van der Waals surface area contributed by atoms with Crippen molar-refractivity contribution < 1.29 is 84.0 Å². The number of Topliss-reactive ketones (excluding diaryl/α,β-unsaturated/α-hetero) is 1. The monoisotopic (exact) mass is 1270 g/mol. The molecule has 414 valence electrons. The molecule has 9 rings (SSSR count). The van der Waals surface area contributed by atoms with Crippen LogP contribution in [0.5, 0.6) is 0 Å². The molecular formula is C67H54BN3O9Pd2. The fourth-order valence-electron chi connectivity index (χ4n) is 8.65. The van der Waals surface area contributed by atoms with Crippen molar-refractivity contribution in [3.63, 3.8) is 0 Å². The molecule has 8 aromatic rings. The van der Waals surface area contributed by atoms with E-state index in [0.29, 0.717) is 38.7 Å².